The van der Waals surface area contributed by atoms with Crippen LogP contribution in [0.15, 0.2) is 64.8 Å². The second-order valence-corrected chi connectivity index (χ2v) is 5.99. The third-order valence-corrected chi connectivity index (χ3v) is 3.98. The highest BCUT2D eigenvalue weighted by Gasteiger charge is 2.29. The lowest BCUT2D eigenvalue weighted by Crippen LogP contribution is -2.43. The van der Waals surface area contributed by atoms with Crippen molar-refractivity contribution in [3.05, 3.63) is 76.0 Å². The number of amidine groups is 1. The van der Waals surface area contributed by atoms with E-state index in [1.54, 1.807) is 18.2 Å². The Kier molecular flexibility index (Phi) is 4.16. The summed E-state index contributed by atoms with van der Waals surface area (Å²) in [5.41, 5.74) is 4.30. The maximum Gasteiger partial charge on any atom is 0.269 e. The highest BCUT2D eigenvalue weighted by molar-refractivity contribution is 9.10. The van der Waals surface area contributed by atoms with E-state index < -0.39 is 0 Å². The van der Waals surface area contributed by atoms with Crippen molar-refractivity contribution >= 4 is 33.2 Å². The Morgan fingerprint density at radius 3 is 2.61 bits per heavy atom. The summed E-state index contributed by atoms with van der Waals surface area (Å²) in [6, 6.07) is 16.2. The normalized spacial score (nSPS) is 14.3. The van der Waals surface area contributed by atoms with Crippen molar-refractivity contribution in [2.75, 3.05) is 6.54 Å². The molecule has 0 saturated heterocycles. The smallest absolute Gasteiger partial charge is 0.269 e. The predicted octanol–water partition coefficient (Wildman–Crippen LogP) is 3.36. The van der Waals surface area contributed by atoms with E-state index in [1.165, 1.54) is 5.01 Å². The molecular weight excluding hydrogens is 358 g/mol. The van der Waals surface area contributed by atoms with Crippen LogP contribution in [0.2, 0.25) is 0 Å². The van der Waals surface area contributed by atoms with E-state index in [9.17, 15) is 9.90 Å². The monoisotopic (exact) mass is 371 g/mol. The van der Waals surface area contributed by atoms with Crippen LogP contribution in [0.25, 0.3) is 5.57 Å². The lowest BCUT2D eigenvalue weighted by molar-refractivity contribution is 0.0874. The molecular formula is C17H14BrN3O2. The molecule has 0 fully saturated rings. The number of carbonyl (C=O) groups is 1. The van der Waals surface area contributed by atoms with Gasteiger partial charge < -0.3 is 5.11 Å². The third-order valence-electron chi connectivity index (χ3n) is 3.49. The summed E-state index contributed by atoms with van der Waals surface area (Å²) in [4.78, 5) is 12.3. The van der Waals surface area contributed by atoms with Gasteiger partial charge in [-0.15, -0.1) is 0 Å². The Bertz CT molecular complexity index is 802. The van der Waals surface area contributed by atoms with Gasteiger partial charge in [0.2, 0.25) is 0 Å². The van der Waals surface area contributed by atoms with Crippen molar-refractivity contribution in [1.29, 1.82) is 5.41 Å². The summed E-state index contributed by atoms with van der Waals surface area (Å²) in [5, 5.41) is 19.7. The Morgan fingerprint density at radius 1 is 1.17 bits per heavy atom. The summed E-state index contributed by atoms with van der Waals surface area (Å²) < 4.78 is 0.799. The number of hydrogen-bond donors (Lipinski definition) is 3. The molecule has 23 heavy (non-hydrogen) atoms. The Morgan fingerprint density at radius 2 is 1.91 bits per heavy atom. The van der Waals surface area contributed by atoms with Crippen molar-refractivity contribution in [3.63, 3.8) is 0 Å². The van der Waals surface area contributed by atoms with E-state index >= 15 is 0 Å². The van der Waals surface area contributed by atoms with Crippen LogP contribution < -0.4 is 5.43 Å². The number of nitrogens with one attached hydrogen (secondary N) is 2. The Hall–Kier alpha value is -2.60. The minimum Gasteiger partial charge on any atom is -0.510 e. The zero-order valence-electron chi connectivity index (χ0n) is 12.1. The molecule has 5 nitrogen and oxygen atoms in total. The van der Waals surface area contributed by atoms with Crippen molar-refractivity contribution in [2.45, 2.75) is 0 Å². The van der Waals surface area contributed by atoms with Gasteiger partial charge in [0.05, 0.1) is 12.1 Å². The highest BCUT2D eigenvalue weighted by Crippen LogP contribution is 2.26. The molecule has 0 aliphatic carbocycles. The number of hydrogen-bond acceptors (Lipinski definition) is 3. The summed E-state index contributed by atoms with van der Waals surface area (Å²) in [6.07, 6.45) is 0. The first-order valence-electron chi connectivity index (χ1n) is 6.97. The second kappa shape index (κ2) is 6.26. The standard InChI is InChI=1S/C17H14BrN3O2/c18-13-8-4-7-12(9-13)17(23)20-21-10-14(22)15(16(21)19)11-5-2-1-3-6-11/h1-9,19,22H,10H2,(H,20,23). The van der Waals surface area contributed by atoms with E-state index in [-0.39, 0.29) is 24.0 Å². The van der Waals surface area contributed by atoms with Gasteiger partial charge in [0.1, 0.15) is 5.76 Å². The number of aliphatic hydroxyl groups excluding tert-OH is 1. The molecule has 3 rings (SSSR count). The summed E-state index contributed by atoms with van der Waals surface area (Å²) in [5.74, 6) is -0.203. The van der Waals surface area contributed by atoms with Crippen LogP contribution in [-0.2, 0) is 0 Å². The first-order valence-corrected chi connectivity index (χ1v) is 7.76. The number of nitrogens with zero attached hydrogens (tertiary/aromatic N) is 1. The number of halogens is 1. The van der Waals surface area contributed by atoms with E-state index in [0.717, 1.165) is 10.0 Å². The Labute approximate surface area is 141 Å². The molecule has 0 bridgehead atoms. The fourth-order valence-electron chi connectivity index (χ4n) is 2.40. The largest absolute Gasteiger partial charge is 0.510 e. The fourth-order valence-corrected chi connectivity index (χ4v) is 2.80. The molecule has 0 spiro atoms. The quantitative estimate of drug-likeness (QED) is 0.773. The van der Waals surface area contributed by atoms with Crippen LogP contribution in [0, 0.1) is 5.41 Å². The number of rotatable bonds is 3. The van der Waals surface area contributed by atoms with Crippen LogP contribution in [0.3, 0.4) is 0 Å². The second-order valence-electron chi connectivity index (χ2n) is 5.07. The SMILES string of the molecule is N=C1C(c2ccccc2)=C(O)CN1NC(=O)c1cccc(Br)c1. The molecule has 2 aromatic rings. The van der Waals surface area contributed by atoms with Gasteiger partial charge in [0.25, 0.3) is 5.91 Å². The van der Waals surface area contributed by atoms with E-state index in [4.69, 9.17) is 5.41 Å². The van der Waals surface area contributed by atoms with E-state index in [0.29, 0.717) is 11.1 Å². The first kappa shape index (κ1) is 15.3. The molecule has 6 heteroatoms. The van der Waals surface area contributed by atoms with E-state index in [1.807, 2.05) is 36.4 Å². The molecule has 2 aromatic carbocycles. The van der Waals surface area contributed by atoms with Gasteiger partial charge in [0, 0.05) is 10.0 Å². The van der Waals surface area contributed by atoms with Gasteiger partial charge in [-0.25, -0.2) is 0 Å². The minimum atomic E-state index is -0.335. The van der Waals surface area contributed by atoms with Crippen LogP contribution in [0.5, 0.6) is 0 Å². The van der Waals surface area contributed by atoms with E-state index in [2.05, 4.69) is 21.4 Å². The number of hydrazine groups is 1. The average molecular weight is 372 g/mol. The molecule has 0 unspecified atom stereocenters. The van der Waals surface area contributed by atoms with Crippen molar-refractivity contribution < 1.29 is 9.90 Å². The lowest BCUT2D eigenvalue weighted by Gasteiger charge is -2.19. The average Bonchev–Trinajstić information content (AvgIpc) is 2.82. The van der Waals surface area contributed by atoms with Crippen molar-refractivity contribution in [3.8, 4) is 0 Å². The number of carbonyl (C=O) groups excluding carboxylic acids is 1. The topological polar surface area (TPSA) is 76.4 Å². The number of aliphatic hydroxyl groups is 1. The van der Waals surface area contributed by atoms with Gasteiger partial charge >= 0.3 is 0 Å². The maximum absolute atomic E-state index is 12.3. The highest BCUT2D eigenvalue weighted by atomic mass is 79.9. The molecule has 1 aliphatic heterocycles. The molecule has 1 aliphatic rings. The Balaban J connectivity index is 1.77. The molecule has 1 amide bonds. The van der Waals surface area contributed by atoms with Gasteiger partial charge in [-0.1, -0.05) is 52.3 Å². The predicted molar refractivity (Wildman–Crippen MR) is 92.0 cm³/mol. The van der Waals surface area contributed by atoms with Crippen LogP contribution in [-0.4, -0.2) is 28.4 Å². The van der Waals surface area contributed by atoms with Crippen LogP contribution in [0.1, 0.15) is 15.9 Å². The molecule has 0 atom stereocenters. The fraction of sp³-hybridized carbons (Fsp3) is 0.0588. The molecule has 0 saturated carbocycles. The van der Waals surface area contributed by atoms with Crippen molar-refractivity contribution in [1.82, 2.24) is 10.4 Å². The van der Waals surface area contributed by atoms with Gasteiger partial charge in [0.15, 0.2) is 5.84 Å². The van der Waals surface area contributed by atoms with Crippen LogP contribution in [0.4, 0.5) is 0 Å². The molecule has 0 radical (unpaired) electrons. The molecule has 0 aromatic heterocycles. The summed E-state index contributed by atoms with van der Waals surface area (Å²) >= 11 is 3.32. The molecule has 116 valence electrons. The number of benzene rings is 2. The van der Waals surface area contributed by atoms with Gasteiger partial charge in [-0.05, 0) is 23.8 Å². The molecule has 3 N–H and O–H groups in total. The van der Waals surface area contributed by atoms with Gasteiger partial charge in [-0.2, -0.15) is 0 Å². The summed E-state index contributed by atoms with van der Waals surface area (Å²) in [7, 11) is 0. The van der Waals surface area contributed by atoms with Crippen LogP contribution >= 0.6 is 15.9 Å². The molecule has 1 heterocycles. The third kappa shape index (κ3) is 3.12. The maximum atomic E-state index is 12.3. The van der Waals surface area contributed by atoms with Crippen molar-refractivity contribution in [2.24, 2.45) is 0 Å². The number of amides is 1. The minimum absolute atomic E-state index is 0.0655. The zero-order chi connectivity index (χ0) is 16.4. The lowest BCUT2D eigenvalue weighted by atomic mass is 10.1. The van der Waals surface area contributed by atoms with Gasteiger partial charge in [-0.3, -0.25) is 20.6 Å². The zero-order valence-corrected chi connectivity index (χ0v) is 13.7. The summed E-state index contributed by atoms with van der Waals surface area (Å²) in [6.45, 7) is 0.0722. The first-order chi connectivity index (χ1) is 11.1.